The number of nitrogens with zero attached hydrogens (tertiary/aromatic N) is 4. The van der Waals surface area contributed by atoms with Crippen molar-refractivity contribution in [1.82, 2.24) is 24.9 Å². The summed E-state index contributed by atoms with van der Waals surface area (Å²) in [6.45, 7) is 3.86. The smallest absolute Gasteiger partial charge is 0.264 e. The quantitative estimate of drug-likeness (QED) is 0.480. The van der Waals surface area contributed by atoms with E-state index in [1.165, 1.54) is 0 Å². The van der Waals surface area contributed by atoms with Gasteiger partial charge in [0.2, 0.25) is 17.7 Å². The zero-order valence-corrected chi connectivity index (χ0v) is 23.8. The summed E-state index contributed by atoms with van der Waals surface area (Å²) in [5.41, 5.74) is 1.64. The van der Waals surface area contributed by atoms with E-state index in [0.29, 0.717) is 12.2 Å². The van der Waals surface area contributed by atoms with Crippen molar-refractivity contribution in [3.05, 3.63) is 45.7 Å². The average Bonchev–Trinajstić information content (AvgIpc) is 3.42. The largest absolute Gasteiger partial charge is 0.380 e. The first-order chi connectivity index (χ1) is 19.2. The Labute approximate surface area is 239 Å². The number of nitrogens with one attached hydrogen (secondary N) is 2. The molecule has 1 atom stereocenters. The molecule has 1 saturated carbocycles. The van der Waals surface area contributed by atoms with E-state index >= 15 is 0 Å². The molecule has 6 rings (SSSR count). The zero-order chi connectivity index (χ0) is 28.2. The summed E-state index contributed by atoms with van der Waals surface area (Å²) < 4.78 is 2.79. The molecule has 12 heteroatoms. The van der Waals surface area contributed by atoms with E-state index in [-0.39, 0.29) is 41.3 Å². The highest BCUT2D eigenvalue weighted by Crippen LogP contribution is 2.43. The second-order valence-electron chi connectivity index (χ2n) is 11.4. The Morgan fingerprint density at radius 1 is 1.12 bits per heavy atom. The molecular formula is C28H31BrN6O5. The minimum atomic E-state index is -1.01. The van der Waals surface area contributed by atoms with Crippen LogP contribution < -0.4 is 10.6 Å². The molecule has 1 unspecified atom stereocenters. The molecule has 2 aromatic rings. The number of fused-ring (bicyclic) bond motifs is 1. The van der Waals surface area contributed by atoms with E-state index in [1.807, 2.05) is 9.58 Å². The summed E-state index contributed by atoms with van der Waals surface area (Å²) in [4.78, 5) is 66.3. The maximum atomic E-state index is 13.3. The number of imide groups is 2. The van der Waals surface area contributed by atoms with E-state index in [0.717, 1.165) is 60.3 Å². The number of carbonyl (C=O) groups excluding carboxylic acids is 5. The Morgan fingerprint density at radius 3 is 2.55 bits per heavy atom. The number of carbonyl (C=O) groups is 5. The molecule has 1 aromatic carbocycles. The molecule has 0 bridgehead atoms. The predicted octanol–water partition coefficient (Wildman–Crippen LogP) is 3.01. The Morgan fingerprint density at radius 2 is 1.88 bits per heavy atom. The molecular weight excluding hydrogens is 580 g/mol. The van der Waals surface area contributed by atoms with E-state index in [1.54, 1.807) is 24.4 Å². The highest BCUT2D eigenvalue weighted by molar-refractivity contribution is 9.10. The van der Waals surface area contributed by atoms with Gasteiger partial charge in [-0.15, -0.1) is 0 Å². The molecule has 0 radical (unpaired) electrons. The summed E-state index contributed by atoms with van der Waals surface area (Å²) in [6.07, 6.45) is 6.69. The number of piperidine rings is 2. The van der Waals surface area contributed by atoms with Gasteiger partial charge in [-0.25, -0.2) is 0 Å². The number of hydrogen-bond acceptors (Lipinski definition) is 7. The Balaban J connectivity index is 1.12. The van der Waals surface area contributed by atoms with Crippen LogP contribution in [0.25, 0.3) is 0 Å². The molecule has 40 heavy (non-hydrogen) atoms. The number of halogens is 1. The van der Waals surface area contributed by atoms with Crippen LogP contribution in [0.1, 0.15) is 84.2 Å². The average molecular weight is 611 g/mol. The van der Waals surface area contributed by atoms with Crippen molar-refractivity contribution in [2.24, 2.45) is 5.41 Å². The molecule has 3 aliphatic heterocycles. The van der Waals surface area contributed by atoms with Crippen molar-refractivity contribution >= 4 is 51.2 Å². The van der Waals surface area contributed by atoms with Crippen LogP contribution in [0.2, 0.25) is 0 Å². The summed E-state index contributed by atoms with van der Waals surface area (Å²) in [5, 5.41) is 10.1. The third kappa shape index (κ3) is 4.42. The number of hydrogen-bond donors (Lipinski definition) is 2. The predicted molar refractivity (Wildman–Crippen MR) is 147 cm³/mol. The number of likely N-dealkylation sites (tertiary alicyclic amines) is 1. The molecule has 1 aromatic heterocycles. The molecule has 11 nitrogen and oxygen atoms in total. The fraction of sp³-hybridized carbons (Fsp3) is 0.500. The number of anilines is 1. The SMILES string of the molecule is CC1(C(=O)N2CCC(n3ncc(CNc4cccc5c4C(=O)N(C4CCC(=O)NC4=O)C5=O)c3Br)CC2)CCC1. The van der Waals surface area contributed by atoms with Crippen LogP contribution in [-0.4, -0.2) is 68.2 Å². The molecule has 4 aliphatic rings. The lowest BCUT2D eigenvalue weighted by Gasteiger charge is -2.43. The second-order valence-corrected chi connectivity index (χ2v) is 12.1. The molecule has 1 aliphatic carbocycles. The Bertz CT molecular complexity index is 1420. The molecule has 2 N–H and O–H groups in total. The first-order valence-corrected chi connectivity index (χ1v) is 14.6. The van der Waals surface area contributed by atoms with E-state index < -0.39 is 29.7 Å². The van der Waals surface area contributed by atoms with E-state index in [9.17, 15) is 24.0 Å². The van der Waals surface area contributed by atoms with Crippen molar-refractivity contribution in [1.29, 1.82) is 0 Å². The van der Waals surface area contributed by atoms with Crippen LogP contribution in [0.15, 0.2) is 29.0 Å². The van der Waals surface area contributed by atoms with Crippen molar-refractivity contribution < 1.29 is 24.0 Å². The minimum absolute atomic E-state index is 0.0711. The molecule has 3 fully saturated rings. The van der Waals surface area contributed by atoms with Gasteiger partial charge in [0.15, 0.2) is 0 Å². The summed E-state index contributed by atoms with van der Waals surface area (Å²) >= 11 is 3.69. The third-order valence-electron chi connectivity index (χ3n) is 8.81. The van der Waals surface area contributed by atoms with E-state index in [4.69, 9.17) is 0 Å². The van der Waals surface area contributed by atoms with Crippen LogP contribution >= 0.6 is 15.9 Å². The van der Waals surface area contributed by atoms with Gasteiger partial charge in [0.1, 0.15) is 10.6 Å². The van der Waals surface area contributed by atoms with Crippen LogP contribution in [0.4, 0.5) is 5.69 Å². The van der Waals surface area contributed by atoms with Crippen LogP contribution in [0.5, 0.6) is 0 Å². The van der Waals surface area contributed by atoms with Gasteiger partial charge in [-0.2, -0.15) is 5.10 Å². The lowest BCUT2D eigenvalue weighted by molar-refractivity contribution is -0.147. The second kappa shape index (κ2) is 10.1. The van der Waals surface area contributed by atoms with Crippen LogP contribution in [0.3, 0.4) is 0 Å². The normalized spacial score (nSPS) is 22.7. The van der Waals surface area contributed by atoms with E-state index in [2.05, 4.69) is 38.6 Å². The van der Waals surface area contributed by atoms with Crippen molar-refractivity contribution in [2.75, 3.05) is 18.4 Å². The van der Waals surface area contributed by atoms with Gasteiger partial charge >= 0.3 is 0 Å². The molecule has 5 amide bonds. The number of benzene rings is 1. The molecule has 0 spiro atoms. The lowest BCUT2D eigenvalue weighted by atomic mass is 9.69. The van der Waals surface area contributed by atoms with Gasteiger partial charge in [-0.05, 0) is 60.2 Å². The van der Waals surface area contributed by atoms with Crippen LogP contribution in [0, 0.1) is 5.41 Å². The van der Waals surface area contributed by atoms with Gasteiger partial charge in [0.05, 0.1) is 23.4 Å². The van der Waals surface area contributed by atoms with Gasteiger partial charge in [0.25, 0.3) is 11.8 Å². The van der Waals surface area contributed by atoms with Crippen molar-refractivity contribution in [2.45, 2.75) is 70.5 Å². The van der Waals surface area contributed by atoms with Gasteiger partial charge in [0, 0.05) is 42.7 Å². The summed E-state index contributed by atoms with van der Waals surface area (Å²) in [7, 11) is 0. The Hall–Kier alpha value is -3.54. The van der Waals surface area contributed by atoms with Crippen molar-refractivity contribution in [3.8, 4) is 0 Å². The van der Waals surface area contributed by atoms with Gasteiger partial charge < -0.3 is 10.2 Å². The topological polar surface area (TPSA) is 134 Å². The monoisotopic (exact) mass is 610 g/mol. The maximum Gasteiger partial charge on any atom is 0.264 e. The van der Waals surface area contributed by atoms with Crippen LogP contribution in [-0.2, 0) is 20.9 Å². The summed E-state index contributed by atoms with van der Waals surface area (Å²) in [6, 6.07) is 4.15. The Kier molecular flexibility index (Phi) is 6.76. The van der Waals surface area contributed by atoms with Gasteiger partial charge in [-0.3, -0.25) is 38.9 Å². The third-order valence-corrected chi connectivity index (χ3v) is 9.69. The first-order valence-electron chi connectivity index (χ1n) is 13.8. The number of rotatable bonds is 6. The maximum absolute atomic E-state index is 13.3. The first kappa shape index (κ1) is 26.7. The minimum Gasteiger partial charge on any atom is -0.380 e. The van der Waals surface area contributed by atoms with Crippen molar-refractivity contribution in [3.63, 3.8) is 0 Å². The molecule has 4 heterocycles. The van der Waals surface area contributed by atoms with Gasteiger partial charge in [-0.1, -0.05) is 19.4 Å². The standard InChI is InChI=1S/C28H31BrN6O5/c1-28(10-3-11-28)27(40)33-12-8-17(9-13-33)35-23(29)16(15-31-35)14-30-19-5-2-4-18-22(19)26(39)34(25(18)38)20-6-7-21(36)32-24(20)37/h2,4-5,15,17,20,30H,3,6-14H2,1H3,(H,32,36,37). The number of amides is 5. The molecule has 210 valence electrons. The highest BCUT2D eigenvalue weighted by atomic mass is 79.9. The summed E-state index contributed by atoms with van der Waals surface area (Å²) in [5.74, 6) is -1.86. The zero-order valence-electron chi connectivity index (χ0n) is 22.2. The lowest BCUT2D eigenvalue weighted by Crippen LogP contribution is -2.54. The number of aromatic nitrogens is 2. The molecule has 2 saturated heterocycles. The highest BCUT2D eigenvalue weighted by Gasteiger charge is 2.46. The fourth-order valence-corrected chi connectivity index (χ4v) is 6.85. The fourth-order valence-electron chi connectivity index (χ4n) is 6.23.